The molecule has 3 aromatic rings. The van der Waals surface area contributed by atoms with Crippen LogP contribution in [-0.4, -0.2) is 41.8 Å². The summed E-state index contributed by atoms with van der Waals surface area (Å²) in [4.78, 5) is 26.8. The Hall–Kier alpha value is -2.82. The Morgan fingerprint density at radius 3 is 2.14 bits per heavy atom. The van der Waals surface area contributed by atoms with Gasteiger partial charge < -0.3 is 14.3 Å². The molecule has 1 saturated heterocycles. The second kappa shape index (κ2) is 9.33. The minimum atomic E-state index is -2.96. The van der Waals surface area contributed by atoms with E-state index < -0.39 is 37.6 Å². The molecule has 1 aliphatic rings. The number of nitrogens with two attached hydrogens (primary N) is 1. The first-order valence-electron chi connectivity index (χ1n) is 11.7. The fourth-order valence-corrected chi connectivity index (χ4v) is 9.70. The number of H-pyrrole nitrogens is 1. The van der Waals surface area contributed by atoms with E-state index in [1.165, 1.54) is 10.8 Å². The molecule has 4 rings (SSSR count). The van der Waals surface area contributed by atoms with Crippen LogP contribution < -0.4 is 27.4 Å². The molecule has 0 bridgehead atoms. The molecule has 0 amide bonds. The molecule has 0 spiro atoms. The fourth-order valence-electron chi connectivity index (χ4n) is 5.00. The Balaban J connectivity index is 1.84. The van der Waals surface area contributed by atoms with Crippen LogP contribution in [0, 0.1) is 6.92 Å². The van der Waals surface area contributed by atoms with Gasteiger partial charge in [0, 0.05) is 18.2 Å². The van der Waals surface area contributed by atoms with E-state index in [9.17, 15) is 14.7 Å². The number of aromatic nitrogens is 2. The lowest BCUT2D eigenvalue weighted by Crippen LogP contribution is -2.68. The van der Waals surface area contributed by atoms with E-state index in [0.29, 0.717) is 5.56 Å². The maximum absolute atomic E-state index is 12.6. The van der Waals surface area contributed by atoms with Gasteiger partial charge in [-0.2, -0.15) is 0 Å². The van der Waals surface area contributed by atoms with Crippen molar-refractivity contribution in [2.24, 2.45) is 5.73 Å². The minimum Gasteiger partial charge on any atom is -0.401 e. The Morgan fingerprint density at radius 1 is 1.11 bits per heavy atom. The Bertz CT molecular complexity index is 1250. The summed E-state index contributed by atoms with van der Waals surface area (Å²) in [6.07, 6.45) is 0.144. The number of nitrogens with one attached hydrogen (secondary N) is 1. The van der Waals surface area contributed by atoms with Gasteiger partial charge in [0.2, 0.25) is 5.85 Å². The molecule has 0 unspecified atom stereocenters. The summed E-state index contributed by atoms with van der Waals surface area (Å²) >= 11 is 0. The zero-order chi connectivity index (χ0) is 25.4. The van der Waals surface area contributed by atoms with E-state index in [2.05, 4.69) is 50.0 Å². The molecule has 186 valence electrons. The van der Waals surface area contributed by atoms with Crippen LogP contribution in [0.5, 0.6) is 0 Å². The number of aliphatic hydroxyl groups excluding tert-OH is 1. The molecule has 0 radical (unpaired) electrons. The highest BCUT2D eigenvalue weighted by atomic mass is 28.4. The molecule has 8 nitrogen and oxygen atoms in total. The monoisotopic (exact) mass is 495 g/mol. The summed E-state index contributed by atoms with van der Waals surface area (Å²) in [5, 5.41) is 12.1. The van der Waals surface area contributed by atoms with Gasteiger partial charge in [0.1, 0.15) is 6.10 Å². The largest absolute Gasteiger partial charge is 0.401 e. The minimum absolute atomic E-state index is 0.119. The van der Waals surface area contributed by atoms with Crippen LogP contribution in [0.2, 0.25) is 5.04 Å². The van der Waals surface area contributed by atoms with E-state index in [4.69, 9.17) is 14.9 Å². The van der Waals surface area contributed by atoms with Crippen LogP contribution in [0.4, 0.5) is 0 Å². The van der Waals surface area contributed by atoms with E-state index in [0.717, 1.165) is 10.4 Å². The van der Waals surface area contributed by atoms with Crippen LogP contribution in [-0.2, 0) is 15.0 Å². The van der Waals surface area contributed by atoms with Gasteiger partial charge in [0.15, 0.2) is 0 Å². The number of benzene rings is 2. The van der Waals surface area contributed by atoms with Gasteiger partial charge in [-0.05, 0) is 22.3 Å². The van der Waals surface area contributed by atoms with Gasteiger partial charge in [-0.1, -0.05) is 81.4 Å². The zero-order valence-corrected chi connectivity index (χ0v) is 21.5. The maximum atomic E-state index is 12.6. The highest BCUT2D eigenvalue weighted by Crippen LogP contribution is 2.41. The molecule has 2 heterocycles. The predicted molar refractivity (Wildman–Crippen MR) is 137 cm³/mol. The van der Waals surface area contributed by atoms with E-state index in [1.807, 2.05) is 36.4 Å². The molecule has 1 aromatic heterocycles. The molecule has 3 atom stereocenters. The number of hydrogen-bond donors (Lipinski definition) is 3. The lowest BCUT2D eigenvalue weighted by Gasteiger charge is -2.45. The molecule has 2 aromatic carbocycles. The quantitative estimate of drug-likeness (QED) is 0.441. The Kier molecular flexibility index (Phi) is 6.73. The summed E-state index contributed by atoms with van der Waals surface area (Å²) in [7, 11) is -2.96. The molecular weight excluding hydrogens is 462 g/mol. The number of nitrogens with zero attached hydrogens (tertiary/aromatic N) is 1. The topological polar surface area (TPSA) is 120 Å². The molecule has 1 aliphatic heterocycles. The van der Waals surface area contributed by atoms with Crippen LogP contribution in [0.25, 0.3) is 0 Å². The third-order valence-corrected chi connectivity index (χ3v) is 11.8. The van der Waals surface area contributed by atoms with Crippen LogP contribution in [0.1, 0.15) is 32.8 Å². The zero-order valence-electron chi connectivity index (χ0n) is 20.5. The third kappa shape index (κ3) is 4.46. The second-order valence-corrected chi connectivity index (χ2v) is 14.4. The number of aromatic amines is 1. The highest BCUT2D eigenvalue weighted by Gasteiger charge is 2.56. The van der Waals surface area contributed by atoms with Crippen molar-refractivity contribution in [3.8, 4) is 0 Å². The van der Waals surface area contributed by atoms with Crippen molar-refractivity contribution in [2.45, 2.75) is 57.2 Å². The number of aryl methyl sites for hydroxylation is 1. The first-order chi connectivity index (χ1) is 16.5. The van der Waals surface area contributed by atoms with E-state index in [1.54, 1.807) is 6.92 Å². The summed E-state index contributed by atoms with van der Waals surface area (Å²) in [5.74, 6) is -1.59. The van der Waals surface area contributed by atoms with Crippen molar-refractivity contribution in [2.75, 3.05) is 6.61 Å². The third-order valence-electron chi connectivity index (χ3n) is 6.72. The normalized spacial score (nSPS) is 22.9. The van der Waals surface area contributed by atoms with Gasteiger partial charge in [-0.15, -0.1) is 0 Å². The van der Waals surface area contributed by atoms with Crippen molar-refractivity contribution < 1.29 is 14.3 Å². The fraction of sp³-hybridized carbons (Fsp3) is 0.385. The Labute approximate surface area is 205 Å². The summed E-state index contributed by atoms with van der Waals surface area (Å²) in [6.45, 7) is 7.74. The highest BCUT2D eigenvalue weighted by molar-refractivity contribution is 6.99. The number of aliphatic hydroxyl groups is 1. The lowest BCUT2D eigenvalue weighted by molar-refractivity contribution is -0.115. The van der Waals surface area contributed by atoms with Gasteiger partial charge >= 0.3 is 5.69 Å². The summed E-state index contributed by atoms with van der Waals surface area (Å²) < 4.78 is 14.4. The molecule has 0 saturated carbocycles. The Morgan fingerprint density at radius 2 is 1.66 bits per heavy atom. The number of ether oxygens (including phenoxy) is 1. The standard InChI is InChI=1S/C26H33N3O5Si/c1-18-16-29(24(32)28-23(18)31)26(27)15-21(22(17-30)33-26)34-35(25(2,3)4,19-11-7-5-8-12-19)20-13-9-6-10-14-20/h5-14,16,21-22,30H,15,17,27H2,1-4H3,(H,28,31,32)/t21-,22+,26-/m0/s1. The first kappa shape index (κ1) is 25.3. The molecule has 35 heavy (non-hydrogen) atoms. The van der Waals surface area contributed by atoms with Gasteiger partial charge in [-0.25, -0.2) is 4.79 Å². The van der Waals surface area contributed by atoms with E-state index in [-0.39, 0.29) is 18.1 Å². The van der Waals surface area contributed by atoms with Crippen LogP contribution in [0.3, 0.4) is 0 Å². The van der Waals surface area contributed by atoms with Crippen LogP contribution in [0.15, 0.2) is 76.4 Å². The lowest BCUT2D eigenvalue weighted by atomic mass is 10.1. The van der Waals surface area contributed by atoms with Crippen molar-refractivity contribution >= 4 is 18.7 Å². The van der Waals surface area contributed by atoms with E-state index >= 15 is 0 Å². The predicted octanol–water partition coefficient (Wildman–Crippen LogP) is 1.14. The smallest absolute Gasteiger partial charge is 0.331 e. The molecule has 0 aliphatic carbocycles. The number of hydrogen-bond acceptors (Lipinski definition) is 6. The van der Waals surface area contributed by atoms with Gasteiger partial charge in [-0.3, -0.25) is 20.1 Å². The SMILES string of the molecule is Cc1cn([C@@]2(N)C[C@H](O[Si](c3ccccc3)(c3ccccc3)C(C)(C)C)[C@@H](CO)O2)c(=O)[nH]c1=O. The van der Waals surface area contributed by atoms with Gasteiger partial charge in [0.05, 0.1) is 12.7 Å². The first-order valence-corrected chi connectivity index (χ1v) is 13.6. The van der Waals surface area contributed by atoms with Gasteiger partial charge in [0.25, 0.3) is 13.9 Å². The molecule has 4 N–H and O–H groups in total. The number of rotatable bonds is 6. The van der Waals surface area contributed by atoms with Crippen molar-refractivity contribution in [3.63, 3.8) is 0 Å². The summed E-state index contributed by atoms with van der Waals surface area (Å²) in [5.41, 5.74) is 5.78. The van der Waals surface area contributed by atoms with Crippen LogP contribution >= 0.6 is 0 Å². The second-order valence-electron chi connectivity index (χ2n) is 10.1. The average molecular weight is 496 g/mol. The average Bonchev–Trinajstić information content (AvgIpc) is 3.16. The van der Waals surface area contributed by atoms with Crippen molar-refractivity contribution in [1.82, 2.24) is 9.55 Å². The maximum Gasteiger partial charge on any atom is 0.331 e. The molecular formula is C26H33N3O5Si. The molecule has 1 fully saturated rings. The molecule has 9 heteroatoms. The van der Waals surface area contributed by atoms with Crippen molar-refractivity contribution in [1.29, 1.82) is 0 Å². The summed E-state index contributed by atoms with van der Waals surface area (Å²) in [6, 6.07) is 20.3. The van der Waals surface area contributed by atoms with Crippen molar-refractivity contribution in [3.05, 3.63) is 93.3 Å².